The molecule has 7 nitrogen and oxygen atoms in total. The zero-order valence-electron chi connectivity index (χ0n) is 15.8. The minimum Gasteiger partial charge on any atom is -0.489 e. The average molecular weight is 455 g/mol. The third-order valence-electron chi connectivity index (χ3n) is 4.82. The number of ether oxygens (including phenoxy) is 1. The summed E-state index contributed by atoms with van der Waals surface area (Å²) in [6.07, 6.45) is 1.00. The van der Waals surface area contributed by atoms with E-state index in [1.807, 2.05) is 42.5 Å². The van der Waals surface area contributed by atoms with Gasteiger partial charge in [-0.25, -0.2) is 0 Å². The molecule has 0 saturated carbocycles. The topological polar surface area (TPSA) is 83.4 Å². The molecule has 2 aliphatic heterocycles. The highest BCUT2D eigenvalue weighted by molar-refractivity contribution is 9.10. The van der Waals surface area contributed by atoms with E-state index in [1.165, 1.54) is 4.90 Å². The number of carbonyl (C=O) groups is 2. The molecule has 4 rings (SSSR count). The zero-order valence-corrected chi connectivity index (χ0v) is 17.3. The Morgan fingerprint density at radius 2 is 2.03 bits per heavy atom. The van der Waals surface area contributed by atoms with Crippen LogP contribution in [0.15, 0.2) is 63.2 Å². The summed E-state index contributed by atoms with van der Waals surface area (Å²) in [5, 5.41) is 10.9. The first kappa shape index (κ1) is 19.3. The fraction of sp³-hybridized carbons (Fsp3) is 0.238. The van der Waals surface area contributed by atoms with Gasteiger partial charge in [-0.2, -0.15) is 5.10 Å². The van der Waals surface area contributed by atoms with E-state index in [1.54, 1.807) is 13.1 Å². The highest BCUT2D eigenvalue weighted by atomic mass is 79.9. The first-order valence-electron chi connectivity index (χ1n) is 9.18. The van der Waals surface area contributed by atoms with Crippen LogP contribution in [0.4, 0.5) is 5.69 Å². The Morgan fingerprint density at radius 1 is 1.24 bits per heavy atom. The van der Waals surface area contributed by atoms with Gasteiger partial charge in [0.05, 0.1) is 11.4 Å². The first-order valence-corrected chi connectivity index (χ1v) is 9.97. The Balaban J connectivity index is 1.39. The monoisotopic (exact) mass is 454 g/mol. The minimum absolute atomic E-state index is 0.0502. The lowest BCUT2D eigenvalue weighted by atomic mass is 10.0. The third-order valence-corrected chi connectivity index (χ3v) is 5.31. The molecule has 0 aliphatic carbocycles. The van der Waals surface area contributed by atoms with Crippen molar-refractivity contribution in [2.75, 3.05) is 18.6 Å². The van der Waals surface area contributed by atoms with Crippen LogP contribution in [0.2, 0.25) is 0 Å². The standard InChI is InChI=1S/C21H19BrN4O3/c1-26-18-10-14(22)7-8-19(18)29-12-17(21(26)28)23-20(27)16-11-15(24-25-16)9-13-5-3-2-4-6-13/h2-8,10,17H,9,11-12H2,1H3,(H,23,27)/t17-/m0/s1. The van der Waals surface area contributed by atoms with Crippen LogP contribution in [0.25, 0.3) is 0 Å². The maximum atomic E-state index is 12.8. The van der Waals surface area contributed by atoms with Gasteiger partial charge >= 0.3 is 0 Å². The molecule has 2 aliphatic rings. The van der Waals surface area contributed by atoms with Crippen LogP contribution >= 0.6 is 15.9 Å². The smallest absolute Gasteiger partial charge is 0.268 e. The van der Waals surface area contributed by atoms with Crippen LogP contribution in [-0.2, 0) is 16.0 Å². The summed E-state index contributed by atoms with van der Waals surface area (Å²) in [5.74, 6) is -0.0639. The summed E-state index contributed by atoms with van der Waals surface area (Å²) < 4.78 is 6.59. The van der Waals surface area contributed by atoms with E-state index in [0.717, 1.165) is 15.7 Å². The number of likely N-dealkylation sites (N-methyl/N-ethyl adjacent to an activating group) is 1. The summed E-state index contributed by atoms with van der Waals surface area (Å²) >= 11 is 3.40. The zero-order chi connectivity index (χ0) is 20.4. The number of hydrogen-bond acceptors (Lipinski definition) is 5. The molecule has 148 valence electrons. The number of halogens is 1. The number of nitrogens with one attached hydrogen (secondary N) is 1. The Kier molecular flexibility index (Phi) is 5.44. The van der Waals surface area contributed by atoms with Gasteiger partial charge in [-0.15, -0.1) is 5.10 Å². The van der Waals surface area contributed by atoms with Crippen LogP contribution in [0.1, 0.15) is 12.0 Å². The molecule has 0 saturated heterocycles. The normalized spacial score (nSPS) is 18.3. The summed E-state index contributed by atoms with van der Waals surface area (Å²) in [6, 6.07) is 14.5. The predicted octanol–water partition coefficient (Wildman–Crippen LogP) is 2.73. The Bertz CT molecular complexity index is 1020. The lowest BCUT2D eigenvalue weighted by Crippen LogP contribution is -2.51. The van der Waals surface area contributed by atoms with Gasteiger partial charge < -0.3 is 15.0 Å². The first-order chi connectivity index (χ1) is 14.0. The Morgan fingerprint density at radius 3 is 2.83 bits per heavy atom. The lowest BCUT2D eigenvalue weighted by molar-refractivity contribution is -0.124. The van der Waals surface area contributed by atoms with Gasteiger partial charge in [0.1, 0.15) is 24.1 Å². The molecule has 0 aromatic heterocycles. The molecule has 8 heteroatoms. The second-order valence-electron chi connectivity index (χ2n) is 6.90. The highest BCUT2D eigenvalue weighted by Crippen LogP contribution is 2.33. The summed E-state index contributed by atoms with van der Waals surface area (Å²) in [7, 11) is 1.66. The maximum absolute atomic E-state index is 12.8. The van der Waals surface area contributed by atoms with Crippen LogP contribution in [0.3, 0.4) is 0 Å². The average Bonchev–Trinajstić information content (AvgIpc) is 3.16. The maximum Gasteiger partial charge on any atom is 0.268 e. The molecule has 0 unspecified atom stereocenters. The van der Waals surface area contributed by atoms with E-state index in [2.05, 4.69) is 31.4 Å². The molecule has 0 bridgehead atoms. The third kappa shape index (κ3) is 4.22. The molecule has 1 atom stereocenters. The second-order valence-corrected chi connectivity index (χ2v) is 7.81. The Hall–Kier alpha value is -3.00. The molecule has 2 aromatic carbocycles. The van der Waals surface area contributed by atoms with Gasteiger partial charge in [0.15, 0.2) is 0 Å². The number of amides is 2. The number of nitrogens with zero attached hydrogens (tertiary/aromatic N) is 3. The van der Waals surface area contributed by atoms with Crippen molar-refractivity contribution in [1.82, 2.24) is 5.32 Å². The van der Waals surface area contributed by atoms with Crippen LogP contribution in [-0.4, -0.2) is 42.9 Å². The molecule has 2 amide bonds. The van der Waals surface area contributed by atoms with Crippen molar-refractivity contribution < 1.29 is 14.3 Å². The van der Waals surface area contributed by atoms with E-state index in [-0.39, 0.29) is 12.5 Å². The van der Waals surface area contributed by atoms with Crippen molar-refractivity contribution in [2.45, 2.75) is 18.9 Å². The van der Waals surface area contributed by atoms with Crippen molar-refractivity contribution in [1.29, 1.82) is 0 Å². The van der Waals surface area contributed by atoms with E-state index >= 15 is 0 Å². The second kappa shape index (κ2) is 8.16. The highest BCUT2D eigenvalue weighted by Gasteiger charge is 2.32. The summed E-state index contributed by atoms with van der Waals surface area (Å²) in [6.45, 7) is 0.0502. The van der Waals surface area contributed by atoms with Crippen LogP contribution in [0.5, 0.6) is 5.75 Å². The Labute approximate surface area is 176 Å². The van der Waals surface area contributed by atoms with Crippen molar-refractivity contribution in [2.24, 2.45) is 10.2 Å². The number of carbonyl (C=O) groups excluding carboxylic acids is 2. The summed E-state index contributed by atoms with van der Waals surface area (Å²) in [4.78, 5) is 27.0. The molecule has 0 fully saturated rings. The van der Waals surface area contributed by atoms with Gasteiger partial charge in [0.2, 0.25) is 0 Å². The van der Waals surface area contributed by atoms with Gasteiger partial charge in [0, 0.05) is 24.4 Å². The fourth-order valence-electron chi connectivity index (χ4n) is 3.27. The number of hydrogen-bond donors (Lipinski definition) is 1. The van der Waals surface area contributed by atoms with Gasteiger partial charge in [-0.1, -0.05) is 46.3 Å². The van der Waals surface area contributed by atoms with Crippen molar-refractivity contribution >= 4 is 44.9 Å². The molecule has 0 spiro atoms. The molecule has 2 aromatic rings. The van der Waals surface area contributed by atoms with Crippen molar-refractivity contribution in [3.63, 3.8) is 0 Å². The largest absolute Gasteiger partial charge is 0.489 e. The fourth-order valence-corrected chi connectivity index (χ4v) is 3.62. The van der Waals surface area contributed by atoms with Gasteiger partial charge in [0.25, 0.3) is 11.8 Å². The number of fused-ring (bicyclic) bond motifs is 1. The van der Waals surface area contributed by atoms with Crippen LogP contribution in [0, 0.1) is 0 Å². The van der Waals surface area contributed by atoms with Crippen molar-refractivity contribution in [3.05, 3.63) is 58.6 Å². The van der Waals surface area contributed by atoms with Gasteiger partial charge in [-0.05, 0) is 23.8 Å². The quantitative estimate of drug-likeness (QED) is 0.770. The number of rotatable bonds is 4. The number of benzene rings is 2. The van der Waals surface area contributed by atoms with Crippen LogP contribution < -0.4 is 15.0 Å². The minimum atomic E-state index is -0.806. The molecule has 1 N–H and O–H groups in total. The molecule has 2 heterocycles. The van der Waals surface area contributed by atoms with E-state index in [4.69, 9.17) is 4.74 Å². The van der Waals surface area contributed by atoms with E-state index in [0.29, 0.717) is 30.0 Å². The van der Waals surface area contributed by atoms with Crippen molar-refractivity contribution in [3.8, 4) is 5.75 Å². The SMILES string of the molecule is CN1C(=O)[C@@H](NC(=O)C2=NN=C(Cc3ccccc3)C2)COc2ccc(Br)cc21. The molecular formula is C21H19BrN4O3. The van der Waals surface area contributed by atoms with E-state index in [9.17, 15) is 9.59 Å². The van der Waals surface area contributed by atoms with Gasteiger partial charge in [-0.3, -0.25) is 9.59 Å². The molecular weight excluding hydrogens is 436 g/mol. The molecule has 29 heavy (non-hydrogen) atoms. The summed E-state index contributed by atoms with van der Waals surface area (Å²) in [5.41, 5.74) is 2.88. The van der Waals surface area contributed by atoms with E-state index < -0.39 is 11.9 Å². The predicted molar refractivity (Wildman–Crippen MR) is 115 cm³/mol. The number of anilines is 1. The lowest BCUT2D eigenvalue weighted by Gasteiger charge is -2.20. The molecule has 0 radical (unpaired) electrons.